The quantitative estimate of drug-likeness (QED) is 0.0709. The molecule has 2 fully saturated rings. The molecule has 0 aromatic heterocycles. The summed E-state index contributed by atoms with van der Waals surface area (Å²) in [6.45, 7) is 19.4. The average Bonchev–Trinajstić information content (AvgIpc) is 3.09. The molecule has 9 heteroatoms. The van der Waals surface area contributed by atoms with Gasteiger partial charge in [0.05, 0.1) is 0 Å². The summed E-state index contributed by atoms with van der Waals surface area (Å²) in [7, 11) is -6.21. The summed E-state index contributed by atoms with van der Waals surface area (Å²) < 4.78 is 58.9. The molecule has 2 aliphatic carbocycles. The van der Waals surface area contributed by atoms with Crippen LogP contribution in [0.1, 0.15) is 146 Å². The Hall–Kier alpha value is -1.94. The average molecular weight is 847 g/mol. The third-order valence-corrected chi connectivity index (χ3v) is 14.0. The van der Waals surface area contributed by atoms with E-state index in [4.69, 9.17) is 19.5 Å². The van der Waals surface area contributed by atoms with E-state index < -0.39 is 15.6 Å². The van der Waals surface area contributed by atoms with Gasteiger partial charge in [0, 0.05) is 20.4 Å². The number of benzene rings is 3. The monoisotopic (exact) mass is 846 g/mol. The molecule has 0 aliphatic heterocycles. The Morgan fingerprint density at radius 3 is 1.56 bits per heavy atom. The predicted octanol–water partition coefficient (Wildman–Crippen LogP) is 12.6. The Morgan fingerprint density at radius 2 is 1.17 bits per heavy atom. The molecule has 0 saturated heterocycles. The molecular formula is C43H56F3O3PPdS-4. The predicted molar refractivity (Wildman–Crippen MR) is 208 cm³/mol. The molecule has 0 spiro atoms. The van der Waals surface area contributed by atoms with Crippen molar-refractivity contribution in [2.45, 2.75) is 140 Å². The van der Waals surface area contributed by atoms with Gasteiger partial charge in [0.1, 0.15) is 0 Å². The fraction of sp³-hybridized carbons (Fsp3) is 0.512. The van der Waals surface area contributed by atoms with Crippen molar-refractivity contribution >= 4 is 23.3 Å². The number of hydrogen-bond donors (Lipinski definition) is 0. The van der Waals surface area contributed by atoms with Crippen LogP contribution >= 0.6 is 7.92 Å². The van der Waals surface area contributed by atoms with E-state index in [1.807, 2.05) is 30.3 Å². The zero-order chi connectivity index (χ0) is 37.8. The van der Waals surface area contributed by atoms with Crippen LogP contribution in [0.25, 0.3) is 11.1 Å². The second kappa shape index (κ2) is 21.8. The van der Waals surface area contributed by atoms with Crippen molar-refractivity contribution in [2.75, 3.05) is 0 Å². The SMILES string of the molecule is CC(C)c1cc(C(C)C)c(-c2ccccc2P(C2CCCCC2)C2CCCCC2)c(C(C)C)c1.O=S(=O)([O-])C(F)(F)F.[CH-]=[C-][CH-]c1ccccc1.[Pd]. The molecular weight excluding hydrogens is 791 g/mol. The first kappa shape index (κ1) is 46.2. The first-order valence-corrected chi connectivity index (χ1v) is 21.4. The molecule has 0 radical (unpaired) electrons. The van der Waals surface area contributed by atoms with Gasteiger partial charge in [-0.1, -0.05) is 143 Å². The second-order valence-electron chi connectivity index (χ2n) is 14.7. The molecule has 0 N–H and O–H groups in total. The first-order chi connectivity index (χ1) is 24.1. The van der Waals surface area contributed by atoms with Crippen molar-refractivity contribution in [2.24, 2.45) is 0 Å². The summed E-state index contributed by atoms with van der Waals surface area (Å²) in [6.07, 6.45) is 18.8. The van der Waals surface area contributed by atoms with Crippen LogP contribution in [0.15, 0.2) is 66.7 Å². The number of halogens is 3. The Kier molecular flexibility index (Phi) is 19.4. The fourth-order valence-corrected chi connectivity index (χ4v) is 11.2. The standard InChI is InChI=1S/C33H49P.C9H7.CHF3O3S.Pd/c1-23(2)26-21-30(24(3)4)33(31(22-26)25(5)6)29-19-13-14-20-32(29)34(27-15-9-7-10-16-27)28-17-11-8-12-18-28;1-2-6-9-7-4-3-5-8-9;2-1(3,4)8(5,6)7;/h13-14,19-25,27-28H,7-12,15-18H2,1-6H3;1,3-8H;(H,5,6,7);/q;-3;;/p-1. The van der Waals surface area contributed by atoms with E-state index in [1.165, 1.54) is 69.8 Å². The summed E-state index contributed by atoms with van der Waals surface area (Å²) in [5.41, 5.74) is 5.15. The van der Waals surface area contributed by atoms with Crippen molar-refractivity contribution in [3.8, 4) is 11.1 Å². The van der Waals surface area contributed by atoms with E-state index in [-0.39, 0.29) is 28.3 Å². The third kappa shape index (κ3) is 13.4. The second-order valence-corrected chi connectivity index (χ2v) is 18.8. The van der Waals surface area contributed by atoms with Gasteiger partial charge in [-0.2, -0.15) is 25.3 Å². The van der Waals surface area contributed by atoms with Gasteiger partial charge in [0.15, 0.2) is 10.1 Å². The molecule has 0 bridgehead atoms. The number of alkyl halides is 3. The third-order valence-electron chi connectivity index (χ3n) is 9.85. The number of allylic oxidation sites excluding steroid dienone is 1. The molecule has 0 amide bonds. The zero-order valence-electron chi connectivity index (χ0n) is 31.5. The Balaban J connectivity index is 0.000000428. The van der Waals surface area contributed by atoms with Gasteiger partial charge in [-0.25, -0.2) is 8.42 Å². The van der Waals surface area contributed by atoms with Crippen LogP contribution in [-0.2, 0) is 30.5 Å². The van der Waals surface area contributed by atoms with Crippen LogP contribution in [0.4, 0.5) is 13.2 Å². The maximum absolute atomic E-state index is 10.7. The van der Waals surface area contributed by atoms with E-state index in [0.717, 1.165) is 16.9 Å². The molecule has 3 aromatic carbocycles. The van der Waals surface area contributed by atoms with Crippen molar-refractivity contribution in [1.82, 2.24) is 0 Å². The van der Waals surface area contributed by atoms with E-state index in [2.05, 4.69) is 84.0 Å². The summed E-state index contributed by atoms with van der Waals surface area (Å²) in [4.78, 5) is 0. The molecule has 0 atom stereocenters. The molecule has 3 nitrogen and oxygen atoms in total. The zero-order valence-corrected chi connectivity index (χ0v) is 34.8. The normalized spacial score (nSPS) is 15.7. The van der Waals surface area contributed by atoms with Gasteiger partial charge in [0.2, 0.25) is 0 Å². The van der Waals surface area contributed by atoms with Crippen LogP contribution in [0, 0.1) is 19.1 Å². The van der Waals surface area contributed by atoms with Crippen LogP contribution < -0.4 is 5.30 Å². The van der Waals surface area contributed by atoms with E-state index in [0.29, 0.717) is 17.8 Å². The van der Waals surface area contributed by atoms with E-state index in [9.17, 15) is 13.2 Å². The van der Waals surface area contributed by atoms with Gasteiger partial charge in [-0.15, -0.1) is 0 Å². The van der Waals surface area contributed by atoms with Gasteiger partial charge < -0.3 is 29.2 Å². The summed E-state index contributed by atoms with van der Waals surface area (Å²) in [5, 5.41) is 1.75. The smallest absolute Gasteiger partial charge is 0.485 e. The minimum atomic E-state index is -6.09. The topological polar surface area (TPSA) is 57.2 Å². The fourth-order valence-electron chi connectivity index (χ4n) is 7.23. The van der Waals surface area contributed by atoms with E-state index >= 15 is 0 Å². The molecule has 292 valence electrons. The summed E-state index contributed by atoms with van der Waals surface area (Å²) in [6, 6.07) is 24.7. The Labute approximate surface area is 327 Å². The van der Waals surface area contributed by atoms with Crippen molar-refractivity contribution in [1.29, 1.82) is 0 Å². The van der Waals surface area contributed by atoms with Gasteiger partial charge in [-0.3, -0.25) is 0 Å². The first-order valence-electron chi connectivity index (χ1n) is 18.5. The summed E-state index contributed by atoms with van der Waals surface area (Å²) >= 11 is 0. The Bertz CT molecular complexity index is 1570. The maximum Gasteiger partial charge on any atom is 0.485 e. The van der Waals surface area contributed by atoms with E-state index in [1.54, 1.807) is 34.0 Å². The maximum atomic E-state index is 10.7. The molecule has 2 saturated carbocycles. The van der Waals surface area contributed by atoms with Crippen LogP contribution in [0.5, 0.6) is 0 Å². The summed E-state index contributed by atoms with van der Waals surface area (Å²) in [5.74, 6) is 1.64. The number of hydrogen-bond acceptors (Lipinski definition) is 3. The molecule has 2 aliphatic rings. The van der Waals surface area contributed by atoms with Gasteiger partial charge in [-0.05, 0) is 87.9 Å². The van der Waals surface area contributed by atoms with Gasteiger partial charge >= 0.3 is 5.51 Å². The number of rotatable bonds is 9. The molecule has 5 rings (SSSR count). The van der Waals surface area contributed by atoms with Gasteiger partial charge in [0.25, 0.3) is 0 Å². The largest absolute Gasteiger partial charge is 0.741 e. The molecule has 52 heavy (non-hydrogen) atoms. The Morgan fingerprint density at radius 1 is 0.750 bits per heavy atom. The van der Waals surface area contributed by atoms with Crippen LogP contribution in [0.3, 0.4) is 0 Å². The van der Waals surface area contributed by atoms with Crippen LogP contribution in [0.2, 0.25) is 0 Å². The van der Waals surface area contributed by atoms with Crippen LogP contribution in [-0.4, -0.2) is 29.8 Å². The van der Waals surface area contributed by atoms with Crippen molar-refractivity contribution in [3.05, 3.63) is 108 Å². The van der Waals surface area contributed by atoms with Crippen molar-refractivity contribution in [3.63, 3.8) is 0 Å². The molecule has 0 heterocycles. The van der Waals surface area contributed by atoms with Crippen molar-refractivity contribution < 1.29 is 46.6 Å². The molecule has 3 aromatic rings. The minimum absolute atomic E-state index is 0. The molecule has 0 unspecified atom stereocenters. The minimum Gasteiger partial charge on any atom is -0.741 e.